The highest BCUT2D eigenvalue weighted by atomic mass is 79.9. The van der Waals surface area contributed by atoms with Gasteiger partial charge in [0.05, 0.1) is 12.9 Å². The van der Waals surface area contributed by atoms with E-state index >= 15 is 0 Å². The molecule has 2 aromatic rings. The Morgan fingerprint density at radius 2 is 1.81 bits per heavy atom. The summed E-state index contributed by atoms with van der Waals surface area (Å²) in [6.45, 7) is 6.45. The summed E-state index contributed by atoms with van der Waals surface area (Å²) in [5.41, 5.74) is 5.42. The second-order valence-corrected chi connectivity index (χ2v) is 6.12. The maximum absolute atomic E-state index is 5.14. The number of aryl methyl sites for hydroxylation is 2. The van der Waals surface area contributed by atoms with Crippen LogP contribution in [0.2, 0.25) is 0 Å². The lowest BCUT2D eigenvalue weighted by Crippen LogP contribution is -1.94. The zero-order valence-corrected chi connectivity index (χ0v) is 14.0. The Kier molecular flexibility index (Phi) is 6.06. The average molecular weight is 345 g/mol. The van der Waals surface area contributed by atoms with Crippen molar-refractivity contribution in [2.45, 2.75) is 26.2 Å². The summed E-state index contributed by atoms with van der Waals surface area (Å²) >= 11 is 3.54. The van der Waals surface area contributed by atoms with Crippen LogP contribution in [0.15, 0.2) is 59.8 Å². The summed E-state index contributed by atoms with van der Waals surface area (Å²) in [5, 5.41) is 0. The minimum Gasteiger partial charge on any atom is -0.502 e. The number of halogens is 1. The molecular formula is C19H21BrO. The second-order valence-electron chi connectivity index (χ2n) is 5.21. The Morgan fingerprint density at radius 1 is 1.10 bits per heavy atom. The molecule has 0 amide bonds. The van der Waals surface area contributed by atoms with Crippen LogP contribution in [0.5, 0.6) is 0 Å². The van der Waals surface area contributed by atoms with E-state index < -0.39 is 0 Å². The van der Waals surface area contributed by atoms with Crippen molar-refractivity contribution in [1.29, 1.82) is 0 Å². The molecule has 2 heteroatoms. The van der Waals surface area contributed by atoms with Crippen LogP contribution in [0.1, 0.15) is 28.7 Å². The smallest absolute Gasteiger partial charge is 0.0876 e. The largest absolute Gasteiger partial charge is 0.502 e. The van der Waals surface area contributed by atoms with E-state index in [1.807, 2.05) is 0 Å². The maximum Gasteiger partial charge on any atom is 0.0876 e. The fourth-order valence-electron chi connectivity index (χ4n) is 2.32. The minimum atomic E-state index is 0.739. The molecule has 0 spiro atoms. The lowest BCUT2D eigenvalue weighted by molar-refractivity contribution is 0.246. The van der Waals surface area contributed by atoms with Gasteiger partial charge >= 0.3 is 0 Å². The monoisotopic (exact) mass is 344 g/mol. The zero-order valence-electron chi connectivity index (χ0n) is 12.4. The van der Waals surface area contributed by atoms with Gasteiger partial charge < -0.3 is 4.74 Å². The fraction of sp³-hybridized carbons (Fsp3) is 0.263. The molecule has 2 rings (SSSR count). The van der Waals surface area contributed by atoms with Crippen molar-refractivity contribution in [3.63, 3.8) is 0 Å². The lowest BCUT2D eigenvalue weighted by Gasteiger charge is -2.08. The van der Waals surface area contributed by atoms with E-state index in [2.05, 4.69) is 71.9 Å². The standard InChI is InChI=1S/C19H21BrO/c1-3-21-12-4-5-16-7-9-17(10-8-16)13-18-14-19(20)11-6-15(18)2/h3,6-11,14H,1,4-5,12-13H2,2H3. The van der Waals surface area contributed by atoms with Crippen molar-refractivity contribution in [3.05, 3.63) is 82.0 Å². The molecule has 0 N–H and O–H groups in total. The third kappa shape index (κ3) is 5.05. The molecule has 0 unspecified atom stereocenters. The van der Waals surface area contributed by atoms with Crippen molar-refractivity contribution in [1.82, 2.24) is 0 Å². The number of rotatable bonds is 7. The van der Waals surface area contributed by atoms with Gasteiger partial charge in [-0.1, -0.05) is 52.8 Å². The van der Waals surface area contributed by atoms with Crippen LogP contribution in [-0.4, -0.2) is 6.61 Å². The molecule has 1 nitrogen and oxygen atoms in total. The second kappa shape index (κ2) is 8.04. The summed E-state index contributed by atoms with van der Waals surface area (Å²) in [6, 6.07) is 15.3. The van der Waals surface area contributed by atoms with Crippen molar-refractivity contribution in [2.24, 2.45) is 0 Å². The van der Waals surface area contributed by atoms with Gasteiger partial charge in [-0.25, -0.2) is 0 Å². The molecule has 0 aliphatic carbocycles. The van der Waals surface area contributed by atoms with E-state index in [0.29, 0.717) is 0 Å². The third-order valence-corrected chi connectivity index (χ3v) is 4.07. The molecule has 110 valence electrons. The average Bonchev–Trinajstić information content (AvgIpc) is 2.49. The first-order valence-corrected chi connectivity index (χ1v) is 8.03. The lowest BCUT2D eigenvalue weighted by atomic mass is 9.99. The van der Waals surface area contributed by atoms with Crippen molar-refractivity contribution < 1.29 is 4.74 Å². The van der Waals surface area contributed by atoms with Crippen molar-refractivity contribution >= 4 is 15.9 Å². The van der Waals surface area contributed by atoms with Crippen molar-refractivity contribution in [2.75, 3.05) is 6.61 Å². The number of hydrogen-bond acceptors (Lipinski definition) is 1. The number of ether oxygens (including phenoxy) is 1. The minimum absolute atomic E-state index is 0.739. The molecule has 0 saturated carbocycles. The number of hydrogen-bond donors (Lipinski definition) is 0. The van der Waals surface area contributed by atoms with E-state index in [1.165, 1.54) is 28.5 Å². The summed E-state index contributed by atoms with van der Waals surface area (Å²) in [4.78, 5) is 0. The van der Waals surface area contributed by atoms with E-state index in [-0.39, 0.29) is 0 Å². The molecule has 0 bridgehead atoms. The topological polar surface area (TPSA) is 9.23 Å². The van der Waals surface area contributed by atoms with Crippen LogP contribution in [0.4, 0.5) is 0 Å². The highest BCUT2D eigenvalue weighted by molar-refractivity contribution is 9.10. The molecule has 2 aromatic carbocycles. The van der Waals surface area contributed by atoms with Gasteiger partial charge in [-0.15, -0.1) is 0 Å². The van der Waals surface area contributed by atoms with E-state index in [0.717, 1.165) is 30.3 Å². The predicted molar refractivity (Wildman–Crippen MR) is 92.6 cm³/mol. The van der Waals surface area contributed by atoms with Gasteiger partial charge in [0.15, 0.2) is 0 Å². The molecule has 0 radical (unpaired) electrons. The molecule has 0 fully saturated rings. The van der Waals surface area contributed by atoms with Crippen LogP contribution in [0, 0.1) is 6.92 Å². The maximum atomic E-state index is 5.14. The Morgan fingerprint density at radius 3 is 2.52 bits per heavy atom. The van der Waals surface area contributed by atoms with Crippen LogP contribution in [0.3, 0.4) is 0 Å². The van der Waals surface area contributed by atoms with Gasteiger partial charge in [0.2, 0.25) is 0 Å². The zero-order chi connectivity index (χ0) is 15.1. The first kappa shape index (κ1) is 15.8. The molecule has 0 aliphatic heterocycles. The molecule has 21 heavy (non-hydrogen) atoms. The molecule has 0 atom stereocenters. The highest BCUT2D eigenvalue weighted by Crippen LogP contribution is 2.19. The Labute approximate surface area is 135 Å². The predicted octanol–water partition coefficient (Wildman–Crippen LogP) is 5.44. The highest BCUT2D eigenvalue weighted by Gasteiger charge is 2.02. The Balaban J connectivity index is 1.95. The van der Waals surface area contributed by atoms with Gasteiger partial charge in [-0.05, 0) is 60.6 Å². The third-order valence-electron chi connectivity index (χ3n) is 3.57. The van der Waals surface area contributed by atoms with E-state index in [4.69, 9.17) is 4.74 Å². The van der Waals surface area contributed by atoms with Crippen LogP contribution < -0.4 is 0 Å². The van der Waals surface area contributed by atoms with Crippen LogP contribution >= 0.6 is 15.9 Å². The molecule has 0 saturated heterocycles. The van der Waals surface area contributed by atoms with E-state index in [9.17, 15) is 0 Å². The molecule has 0 heterocycles. The van der Waals surface area contributed by atoms with Crippen LogP contribution in [-0.2, 0) is 17.6 Å². The van der Waals surface area contributed by atoms with Gasteiger partial charge in [-0.3, -0.25) is 0 Å². The SMILES string of the molecule is C=COCCCc1ccc(Cc2cc(Br)ccc2C)cc1. The molecular weight excluding hydrogens is 324 g/mol. The molecule has 0 aromatic heterocycles. The van der Waals surface area contributed by atoms with E-state index in [1.54, 1.807) is 0 Å². The fourth-order valence-corrected chi connectivity index (χ4v) is 2.73. The van der Waals surface area contributed by atoms with Gasteiger partial charge in [0, 0.05) is 4.47 Å². The summed E-state index contributed by atoms with van der Waals surface area (Å²) in [5.74, 6) is 0. The summed E-state index contributed by atoms with van der Waals surface area (Å²) < 4.78 is 6.28. The number of benzene rings is 2. The summed E-state index contributed by atoms with van der Waals surface area (Å²) in [6.07, 6.45) is 4.55. The van der Waals surface area contributed by atoms with Crippen LogP contribution in [0.25, 0.3) is 0 Å². The quantitative estimate of drug-likeness (QED) is 0.479. The van der Waals surface area contributed by atoms with Gasteiger partial charge in [0.25, 0.3) is 0 Å². The summed E-state index contributed by atoms with van der Waals surface area (Å²) in [7, 11) is 0. The normalized spacial score (nSPS) is 10.4. The first-order valence-electron chi connectivity index (χ1n) is 7.24. The molecule has 0 aliphatic rings. The van der Waals surface area contributed by atoms with Gasteiger partial charge in [0.1, 0.15) is 0 Å². The van der Waals surface area contributed by atoms with Crippen molar-refractivity contribution in [3.8, 4) is 0 Å². The Bertz CT molecular complexity index is 587. The Hall–Kier alpha value is -1.54. The van der Waals surface area contributed by atoms with Gasteiger partial charge in [-0.2, -0.15) is 0 Å². The first-order chi connectivity index (χ1) is 10.2.